The summed E-state index contributed by atoms with van der Waals surface area (Å²) in [5, 5.41) is 0. The monoisotopic (exact) mass is 415 g/mol. The molecule has 2 aliphatic rings. The maximum atomic E-state index is 13.8. The molecular formula is C24H24F3NO2. The largest absolute Gasteiger partial charge is 0.497 e. The normalized spacial score (nSPS) is 17.6. The molecule has 0 N–H and O–H groups in total. The van der Waals surface area contributed by atoms with Gasteiger partial charge in [0, 0.05) is 19.6 Å². The van der Waals surface area contributed by atoms with Crippen LogP contribution < -0.4 is 4.74 Å². The molecule has 4 rings (SSSR count). The number of halogens is 3. The maximum absolute atomic E-state index is 13.8. The fourth-order valence-corrected chi connectivity index (χ4v) is 3.89. The van der Waals surface area contributed by atoms with Crippen LogP contribution in [0.15, 0.2) is 54.6 Å². The van der Waals surface area contributed by atoms with E-state index in [0.717, 1.165) is 22.5 Å². The van der Waals surface area contributed by atoms with Gasteiger partial charge in [0.1, 0.15) is 5.75 Å². The molecule has 2 aromatic rings. The summed E-state index contributed by atoms with van der Waals surface area (Å²) in [6, 6.07) is 12.4. The third-order valence-corrected chi connectivity index (χ3v) is 5.58. The molecule has 0 saturated carbocycles. The van der Waals surface area contributed by atoms with Crippen LogP contribution in [0.3, 0.4) is 0 Å². The molecule has 0 spiro atoms. The highest BCUT2D eigenvalue weighted by atomic mass is 19.4. The first-order valence-electron chi connectivity index (χ1n) is 10.00. The highest BCUT2D eigenvalue weighted by Crippen LogP contribution is 2.38. The molecule has 6 heteroatoms. The summed E-state index contributed by atoms with van der Waals surface area (Å²) >= 11 is 0. The lowest BCUT2D eigenvalue weighted by atomic mass is 9.98. The molecule has 1 aliphatic heterocycles. The molecule has 0 radical (unpaired) electrons. The van der Waals surface area contributed by atoms with Gasteiger partial charge in [-0.15, -0.1) is 0 Å². The van der Waals surface area contributed by atoms with Gasteiger partial charge in [0.2, 0.25) is 0 Å². The van der Waals surface area contributed by atoms with E-state index in [-0.39, 0.29) is 6.54 Å². The predicted octanol–water partition coefficient (Wildman–Crippen LogP) is 5.42. The third kappa shape index (κ3) is 4.60. The summed E-state index contributed by atoms with van der Waals surface area (Å²) in [5.41, 5.74) is 3.30. The van der Waals surface area contributed by atoms with E-state index >= 15 is 0 Å². The van der Waals surface area contributed by atoms with Gasteiger partial charge in [0.05, 0.1) is 25.9 Å². The zero-order chi connectivity index (χ0) is 21.1. The Balaban J connectivity index is 1.58. The number of alkyl halides is 3. The van der Waals surface area contributed by atoms with E-state index in [4.69, 9.17) is 9.47 Å². The van der Waals surface area contributed by atoms with Crippen molar-refractivity contribution >= 4 is 11.1 Å². The number of methoxy groups -OCH3 is 1. The van der Waals surface area contributed by atoms with Crippen LogP contribution in [-0.2, 0) is 17.5 Å². The molecule has 1 fully saturated rings. The lowest BCUT2D eigenvalue weighted by Crippen LogP contribution is -2.36. The molecular weight excluding hydrogens is 391 g/mol. The average molecular weight is 415 g/mol. The molecule has 1 aliphatic carbocycles. The molecule has 0 atom stereocenters. The van der Waals surface area contributed by atoms with Gasteiger partial charge in [-0.2, -0.15) is 13.2 Å². The van der Waals surface area contributed by atoms with Crippen molar-refractivity contribution in [2.75, 3.05) is 33.4 Å². The van der Waals surface area contributed by atoms with Crippen LogP contribution in [-0.4, -0.2) is 38.3 Å². The van der Waals surface area contributed by atoms with Crippen molar-refractivity contribution in [1.82, 2.24) is 4.90 Å². The minimum absolute atomic E-state index is 0.282. The van der Waals surface area contributed by atoms with Crippen LogP contribution in [0, 0.1) is 0 Å². The Kier molecular flexibility index (Phi) is 5.97. The second-order valence-corrected chi connectivity index (χ2v) is 7.52. The highest BCUT2D eigenvalue weighted by molar-refractivity contribution is 5.89. The molecule has 158 valence electrons. The molecule has 1 heterocycles. The van der Waals surface area contributed by atoms with Crippen molar-refractivity contribution in [3.05, 3.63) is 76.9 Å². The summed E-state index contributed by atoms with van der Waals surface area (Å²) < 4.78 is 51.9. The minimum atomic E-state index is -4.39. The van der Waals surface area contributed by atoms with Gasteiger partial charge in [-0.1, -0.05) is 36.4 Å². The smallest absolute Gasteiger partial charge is 0.416 e. The van der Waals surface area contributed by atoms with E-state index in [1.54, 1.807) is 19.2 Å². The topological polar surface area (TPSA) is 21.7 Å². The second-order valence-electron chi connectivity index (χ2n) is 7.52. The Morgan fingerprint density at radius 1 is 1.00 bits per heavy atom. The predicted molar refractivity (Wildman–Crippen MR) is 111 cm³/mol. The number of allylic oxidation sites excluding steroid dienone is 4. The van der Waals surface area contributed by atoms with Crippen LogP contribution in [0.2, 0.25) is 0 Å². The number of nitrogens with zero attached hydrogens (tertiary/aromatic N) is 1. The van der Waals surface area contributed by atoms with E-state index < -0.39 is 11.7 Å². The van der Waals surface area contributed by atoms with Crippen molar-refractivity contribution in [3.8, 4) is 5.75 Å². The van der Waals surface area contributed by atoms with Crippen molar-refractivity contribution in [1.29, 1.82) is 0 Å². The van der Waals surface area contributed by atoms with E-state index in [1.807, 2.05) is 41.3 Å². The molecule has 0 bridgehead atoms. The minimum Gasteiger partial charge on any atom is -0.497 e. The number of morpholine rings is 1. The molecule has 3 nitrogen and oxygen atoms in total. The molecule has 2 aromatic carbocycles. The number of rotatable bonds is 5. The quantitative estimate of drug-likeness (QED) is 0.651. The van der Waals surface area contributed by atoms with Gasteiger partial charge in [-0.25, -0.2) is 0 Å². The van der Waals surface area contributed by atoms with E-state index in [1.165, 1.54) is 6.07 Å². The fourth-order valence-electron chi connectivity index (χ4n) is 3.89. The van der Waals surface area contributed by atoms with Crippen molar-refractivity contribution in [2.45, 2.75) is 19.1 Å². The Hall–Kier alpha value is -2.57. The number of ether oxygens (including phenoxy) is 2. The second kappa shape index (κ2) is 8.66. The molecule has 0 amide bonds. The first kappa shape index (κ1) is 20.7. The Labute approximate surface area is 174 Å². The number of hydrogen-bond donors (Lipinski definition) is 0. The van der Waals surface area contributed by atoms with Gasteiger partial charge in [-0.05, 0) is 52.5 Å². The lowest BCUT2D eigenvalue weighted by Gasteiger charge is -2.28. The average Bonchev–Trinajstić information content (AvgIpc) is 3.24. The summed E-state index contributed by atoms with van der Waals surface area (Å²) in [4.78, 5) is 2.00. The SMILES string of the molecule is COc1ccc(C2=CC(c3ccc(CN4CCOCC4)c(C(F)(F)F)c3)=CC2)cc1. The van der Waals surface area contributed by atoms with Crippen LogP contribution in [0.1, 0.15) is 28.7 Å². The van der Waals surface area contributed by atoms with Crippen LogP contribution in [0.5, 0.6) is 5.75 Å². The van der Waals surface area contributed by atoms with Gasteiger partial charge in [0.15, 0.2) is 0 Å². The summed E-state index contributed by atoms with van der Waals surface area (Å²) in [6.07, 6.45) is 0.257. The summed E-state index contributed by atoms with van der Waals surface area (Å²) in [5.74, 6) is 0.774. The zero-order valence-corrected chi connectivity index (χ0v) is 16.8. The lowest BCUT2D eigenvalue weighted by molar-refractivity contribution is -0.138. The Morgan fingerprint density at radius 2 is 1.70 bits per heavy atom. The van der Waals surface area contributed by atoms with E-state index in [9.17, 15) is 13.2 Å². The molecule has 1 saturated heterocycles. The highest BCUT2D eigenvalue weighted by Gasteiger charge is 2.34. The fraction of sp³-hybridized carbons (Fsp3) is 0.333. The van der Waals surface area contributed by atoms with Gasteiger partial charge >= 0.3 is 6.18 Å². The third-order valence-electron chi connectivity index (χ3n) is 5.58. The molecule has 0 unspecified atom stereocenters. The van der Waals surface area contributed by atoms with Crippen LogP contribution in [0.25, 0.3) is 11.1 Å². The van der Waals surface area contributed by atoms with E-state index in [2.05, 4.69) is 0 Å². The maximum Gasteiger partial charge on any atom is 0.416 e. The van der Waals surface area contributed by atoms with Crippen LogP contribution in [0.4, 0.5) is 13.2 Å². The van der Waals surface area contributed by atoms with E-state index in [0.29, 0.717) is 43.9 Å². The van der Waals surface area contributed by atoms with Gasteiger partial charge in [-0.3, -0.25) is 4.90 Å². The Bertz CT molecular complexity index is 955. The van der Waals surface area contributed by atoms with Gasteiger partial charge in [0.25, 0.3) is 0 Å². The standard InChI is InChI=1S/C24H24F3NO2/c1-29-22-8-6-17(7-9-22)18-2-3-19(14-18)20-4-5-21(23(15-20)24(25,26)27)16-28-10-12-30-13-11-28/h3-9,14-15H,2,10-13,16H2,1H3. The summed E-state index contributed by atoms with van der Waals surface area (Å²) in [6.45, 7) is 2.71. The van der Waals surface area contributed by atoms with Crippen molar-refractivity contribution < 1.29 is 22.6 Å². The van der Waals surface area contributed by atoms with Crippen LogP contribution >= 0.6 is 0 Å². The number of hydrogen-bond acceptors (Lipinski definition) is 3. The zero-order valence-electron chi connectivity index (χ0n) is 16.8. The Morgan fingerprint density at radius 3 is 2.37 bits per heavy atom. The van der Waals surface area contributed by atoms with Crippen molar-refractivity contribution in [3.63, 3.8) is 0 Å². The van der Waals surface area contributed by atoms with Crippen molar-refractivity contribution in [2.24, 2.45) is 0 Å². The molecule has 30 heavy (non-hydrogen) atoms. The van der Waals surface area contributed by atoms with Gasteiger partial charge < -0.3 is 9.47 Å². The summed E-state index contributed by atoms with van der Waals surface area (Å²) in [7, 11) is 1.62. The first-order valence-corrected chi connectivity index (χ1v) is 10.00. The first-order chi connectivity index (χ1) is 14.4. The number of benzene rings is 2. The molecule has 0 aromatic heterocycles.